The number of benzene rings is 1. The van der Waals surface area contributed by atoms with Crippen molar-refractivity contribution in [3.8, 4) is 0 Å². The van der Waals surface area contributed by atoms with Crippen LogP contribution >= 0.6 is 0 Å². The molecule has 2 saturated heterocycles. The SMILES string of the molecule is c1cc2c(cc1CN1CCOCC1)nc1n2CCN2CCCC[C@H]2C1. The molecule has 25 heavy (non-hydrogen) atoms. The van der Waals surface area contributed by atoms with Crippen LogP contribution in [0.1, 0.15) is 30.7 Å². The van der Waals surface area contributed by atoms with E-state index in [4.69, 9.17) is 9.72 Å². The molecule has 3 aliphatic rings. The van der Waals surface area contributed by atoms with E-state index in [1.807, 2.05) is 0 Å². The quantitative estimate of drug-likeness (QED) is 0.840. The van der Waals surface area contributed by atoms with Gasteiger partial charge in [-0.1, -0.05) is 12.5 Å². The Bertz CT molecular complexity index is 749. The highest BCUT2D eigenvalue weighted by molar-refractivity contribution is 5.77. The Hall–Kier alpha value is -1.43. The average molecular weight is 340 g/mol. The molecule has 2 aromatic rings. The smallest absolute Gasteiger partial charge is 0.111 e. The normalized spacial score (nSPS) is 25.5. The highest BCUT2D eigenvalue weighted by Crippen LogP contribution is 2.27. The number of nitrogens with zero attached hydrogens (tertiary/aromatic N) is 4. The Morgan fingerprint density at radius 3 is 2.88 bits per heavy atom. The van der Waals surface area contributed by atoms with Gasteiger partial charge in [-0.2, -0.15) is 0 Å². The summed E-state index contributed by atoms with van der Waals surface area (Å²) in [5, 5.41) is 0. The van der Waals surface area contributed by atoms with Crippen molar-refractivity contribution in [2.24, 2.45) is 0 Å². The first-order chi connectivity index (χ1) is 12.4. The molecule has 134 valence electrons. The van der Waals surface area contributed by atoms with Crippen LogP contribution in [0.2, 0.25) is 0 Å². The number of hydrogen-bond acceptors (Lipinski definition) is 4. The molecule has 1 aromatic carbocycles. The van der Waals surface area contributed by atoms with Gasteiger partial charge in [-0.15, -0.1) is 0 Å². The molecule has 5 rings (SSSR count). The first-order valence-electron chi connectivity index (χ1n) is 9.89. The van der Waals surface area contributed by atoms with Crippen molar-refractivity contribution < 1.29 is 4.74 Å². The molecule has 0 amide bonds. The van der Waals surface area contributed by atoms with E-state index in [1.165, 1.54) is 54.8 Å². The molecule has 2 fully saturated rings. The standard InChI is InChI=1S/C20H28N4O/c1-2-6-23-7-8-24-19-5-4-16(15-22-9-11-25-12-10-22)13-18(19)21-20(24)14-17(23)3-1/h4-5,13,17H,1-3,6-12,14-15H2/t17-/m0/s1. The van der Waals surface area contributed by atoms with Gasteiger partial charge in [-0.05, 0) is 37.1 Å². The molecular formula is C20H28N4O. The van der Waals surface area contributed by atoms with E-state index in [2.05, 4.69) is 32.6 Å². The second-order valence-electron chi connectivity index (χ2n) is 7.78. The van der Waals surface area contributed by atoms with Gasteiger partial charge in [0.05, 0.1) is 24.2 Å². The van der Waals surface area contributed by atoms with Gasteiger partial charge in [-0.3, -0.25) is 9.80 Å². The molecule has 0 spiro atoms. The lowest BCUT2D eigenvalue weighted by molar-refractivity contribution is 0.0342. The fourth-order valence-electron chi connectivity index (χ4n) is 4.77. The number of morpholine rings is 1. The maximum Gasteiger partial charge on any atom is 0.111 e. The van der Waals surface area contributed by atoms with Crippen LogP contribution in [0.4, 0.5) is 0 Å². The van der Waals surface area contributed by atoms with Crippen molar-refractivity contribution in [1.82, 2.24) is 19.4 Å². The van der Waals surface area contributed by atoms with Crippen LogP contribution in [0.15, 0.2) is 18.2 Å². The summed E-state index contributed by atoms with van der Waals surface area (Å²) < 4.78 is 7.93. The number of aromatic nitrogens is 2. The van der Waals surface area contributed by atoms with Crippen LogP contribution in [0, 0.1) is 0 Å². The molecular weight excluding hydrogens is 312 g/mol. The largest absolute Gasteiger partial charge is 0.379 e. The molecule has 5 heteroatoms. The summed E-state index contributed by atoms with van der Waals surface area (Å²) in [5.74, 6) is 1.30. The van der Waals surface area contributed by atoms with Crippen LogP contribution in [0.5, 0.6) is 0 Å². The monoisotopic (exact) mass is 340 g/mol. The third-order valence-corrected chi connectivity index (χ3v) is 6.18. The van der Waals surface area contributed by atoms with Gasteiger partial charge in [0.15, 0.2) is 0 Å². The zero-order chi connectivity index (χ0) is 16.6. The predicted molar refractivity (Wildman–Crippen MR) is 98.7 cm³/mol. The van der Waals surface area contributed by atoms with Crippen LogP contribution in [-0.4, -0.2) is 64.8 Å². The molecule has 3 aliphatic heterocycles. The third kappa shape index (κ3) is 3.09. The lowest BCUT2D eigenvalue weighted by atomic mass is 10.00. The minimum absolute atomic E-state index is 0.708. The van der Waals surface area contributed by atoms with E-state index in [9.17, 15) is 0 Å². The number of rotatable bonds is 2. The minimum Gasteiger partial charge on any atom is -0.379 e. The fourth-order valence-corrected chi connectivity index (χ4v) is 4.77. The second kappa shape index (κ2) is 6.71. The molecule has 1 aromatic heterocycles. The van der Waals surface area contributed by atoms with Crippen LogP contribution in [0.25, 0.3) is 11.0 Å². The summed E-state index contributed by atoms with van der Waals surface area (Å²) in [4.78, 5) is 10.2. The first kappa shape index (κ1) is 15.8. The zero-order valence-corrected chi connectivity index (χ0v) is 15.0. The summed E-state index contributed by atoms with van der Waals surface area (Å²) in [5.41, 5.74) is 3.88. The summed E-state index contributed by atoms with van der Waals surface area (Å²) in [6.45, 7) is 8.35. The van der Waals surface area contributed by atoms with Gasteiger partial charge in [-0.25, -0.2) is 4.98 Å². The average Bonchev–Trinajstić information content (AvgIpc) is 2.87. The second-order valence-corrected chi connectivity index (χ2v) is 7.78. The molecule has 0 saturated carbocycles. The van der Waals surface area contributed by atoms with Crippen molar-refractivity contribution in [3.63, 3.8) is 0 Å². The molecule has 1 atom stereocenters. The molecule has 0 unspecified atom stereocenters. The van der Waals surface area contributed by atoms with Crippen molar-refractivity contribution in [1.29, 1.82) is 0 Å². The van der Waals surface area contributed by atoms with E-state index in [0.29, 0.717) is 6.04 Å². The van der Waals surface area contributed by atoms with Gasteiger partial charge < -0.3 is 9.30 Å². The topological polar surface area (TPSA) is 33.5 Å². The Morgan fingerprint density at radius 1 is 1.04 bits per heavy atom. The van der Waals surface area contributed by atoms with Crippen LogP contribution in [-0.2, 0) is 24.2 Å². The molecule has 0 N–H and O–H groups in total. The van der Waals surface area contributed by atoms with Crippen molar-refractivity contribution in [2.75, 3.05) is 39.4 Å². The third-order valence-electron chi connectivity index (χ3n) is 6.18. The number of ether oxygens (including phenoxy) is 1. The molecule has 5 nitrogen and oxygen atoms in total. The minimum atomic E-state index is 0.708. The van der Waals surface area contributed by atoms with E-state index in [0.717, 1.165) is 45.8 Å². The highest BCUT2D eigenvalue weighted by Gasteiger charge is 2.28. The fraction of sp³-hybridized carbons (Fsp3) is 0.650. The number of hydrogen-bond donors (Lipinski definition) is 0. The molecule has 0 bridgehead atoms. The number of imidazole rings is 1. The van der Waals surface area contributed by atoms with Gasteiger partial charge in [0.1, 0.15) is 5.82 Å². The van der Waals surface area contributed by atoms with Crippen molar-refractivity contribution in [2.45, 2.75) is 44.8 Å². The van der Waals surface area contributed by atoms with Crippen LogP contribution < -0.4 is 0 Å². The number of fused-ring (bicyclic) bond motifs is 4. The Morgan fingerprint density at radius 2 is 1.96 bits per heavy atom. The Balaban J connectivity index is 1.40. The van der Waals surface area contributed by atoms with Crippen molar-refractivity contribution >= 4 is 11.0 Å². The van der Waals surface area contributed by atoms with Crippen molar-refractivity contribution in [3.05, 3.63) is 29.6 Å². The highest BCUT2D eigenvalue weighted by atomic mass is 16.5. The predicted octanol–water partition coefficient (Wildman–Crippen LogP) is 2.28. The van der Waals surface area contributed by atoms with Gasteiger partial charge in [0, 0.05) is 45.2 Å². The summed E-state index contributed by atoms with van der Waals surface area (Å²) in [7, 11) is 0. The zero-order valence-electron chi connectivity index (χ0n) is 15.0. The van der Waals surface area contributed by atoms with Crippen LogP contribution in [0.3, 0.4) is 0 Å². The lowest BCUT2D eigenvalue weighted by Crippen LogP contribution is -2.40. The molecule has 4 heterocycles. The van der Waals surface area contributed by atoms with E-state index >= 15 is 0 Å². The Kier molecular flexibility index (Phi) is 4.24. The van der Waals surface area contributed by atoms with Gasteiger partial charge in [0.25, 0.3) is 0 Å². The molecule has 0 aliphatic carbocycles. The molecule has 0 radical (unpaired) electrons. The van der Waals surface area contributed by atoms with E-state index in [-0.39, 0.29) is 0 Å². The Labute approximate surface area is 149 Å². The first-order valence-corrected chi connectivity index (χ1v) is 9.89. The summed E-state index contributed by atoms with van der Waals surface area (Å²) in [6, 6.07) is 7.61. The van der Waals surface area contributed by atoms with E-state index in [1.54, 1.807) is 0 Å². The summed E-state index contributed by atoms with van der Waals surface area (Å²) in [6.07, 6.45) is 5.20. The lowest BCUT2D eigenvalue weighted by Gasteiger charge is -2.33. The maximum absolute atomic E-state index is 5.46. The van der Waals surface area contributed by atoms with Gasteiger partial charge in [0.2, 0.25) is 0 Å². The van der Waals surface area contributed by atoms with Gasteiger partial charge >= 0.3 is 0 Å². The van der Waals surface area contributed by atoms with E-state index < -0.39 is 0 Å². The maximum atomic E-state index is 5.46. The number of piperidine rings is 1. The summed E-state index contributed by atoms with van der Waals surface area (Å²) >= 11 is 0.